The summed E-state index contributed by atoms with van der Waals surface area (Å²) in [5.74, 6) is -1.26. The van der Waals surface area contributed by atoms with E-state index in [1.54, 1.807) is 60.7 Å². The molecule has 142 valence electrons. The molecule has 7 nitrogen and oxygen atoms in total. The lowest BCUT2D eigenvalue weighted by Gasteiger charge is -2.23. The highest BCUT2D eigenvalue weighted by molar-refractivity contribution is 5.90. The van der Waals surface area contributed by atoms with Crippen molar-refractivity contribution in [2.75, 3.05) is 13.7 Å². The van der Waals surface area contributed by atoms with Gasteiger partial charge in [0, 0.05) is 7.11 Å². The van der Waals surface area contributed by atoms with Gasteiger partial charge in [-0.25, -0.2) is 9.59 Å². The first-order valence-corrected chi connectivity index (χ1v) is 8.44. The second-order valence-corrected chi connectivity index (χ2v) is 5.99. The van der Waals surface area contributed by atoms with E-state index in [4.69, 9.17) is 18.9 Å². The molecule has 1 aliphatic rings. The molecule has 1 aliphatic heterocycles. The Morgan fingerprint density at radius 1 is 0.889 bits per heavy atom. The summed E-state index contributed by atoms with van der Waals surface area (Å²) in [6.45, 7) is 0.0587. The molecule has 1 N–H and O–H groups in total. The maximum atomic E-state index is 12.4. The predicted octanol–water partition coefficient (Wildman–Crippen LogP) is 1.80. The molecule has 2 aromatic carbocycles. The Hall–Kier alpha value is -2.74. The third kappa shape index (κ3) is 4.51. The van der Waals surface area contributed by atoms with Crippen LogP contribution in [0.2, 0.25) is 0 Å². The number of aliphatic hydroxyl groups excluding tert-OH is 1. The normalized spacial score (nSPS) is 24.4. The second-order valence-electron chi connectivity index (χ2n) is 5.99. The Bertz CT molecular complexity index is 762. The molecule has 4 atom stereocenters. The number of ether oxygens (including phenoxy) is 4. The average molecular weight is 372 g/mol. The molecular formula is C20H20O7. The molecule has 7 heteroatoms. The standard InChI is InChI=1S/C20H20O7/c1-24-12-15-16(26-18(21)13-8-4-2-5-9-13)17(20(23)25-15)27-19(22)14-10-6-3-7-11-14/h2-11,15-17,20,23H,12H2,1H3. The molecule has 1 fully saturated rings. The molecule has 1 saturated heterocycles. The minimum absolute atomic E-state index is 0.0587. The summed E-state index contributed by atoms with van der Waals surface area (Å²) in [6, 6.07) is 16.7. The summed E-state index contributed by atoms with van der Waals surface area (Å²) in [5, 5.41) is 10.2. The average Bonchev–Trinajstić information content (AvgIpc) is 2.98. The highest BCUT2D eigenvalue weighted by Crippen LogP contribution is 2.27. The molecule has 0 amide bonds. The number of benzene rings is 2. The fourth-order valence-electron chi connectivity index (χ4n) is 2.81. The summed E-state index contributed by atoms with van der Waals surface area (Å²) >= 11 is 0. The van der Waals surface area contributed by atoms with Crippen molar-refractivity contribution in [3.63, 3.8) is 0 Å². The minimum atomic E-state index is -1.44. The SMILES string of the molecule is COCC1OC(O)C(OC(=O)c2ccccc2)C1OC(=O)c1ccccc1. The topological polar surface area (TPSA) is 91.3 Å². The van der Waals surface area contributed by atoms with Gasteiger partial charge in [-0.2, -0.15) is 0 Å². The largest absolute Gasteiger partial charge is 0.452 e. The third-order valence-electron chi connectivity index (χ3n) is 4.12. The van der Waals surface area contributed by atoms with E-state index in [2.05, 4.69) is 0 Å². The first-order valence-electron chi connectivity index (χ1n) is 8.44. The van der Waals surface area contributed by atoms with Crippen LogP contribution in [0, 0.1) is 0 Å². The molecule has 2 aromatic rings. The van der Waals surface area contributed by atoms with E-state index in [0.29, 0.717) is 11.1 Å². The predicted molar refractivity (Wildman–Crippen MR) is 94.0 cm³/mol. The molecule has 0 aliphatic carbocycles. The Balaban J connectivity index is 1.77. The van der Waals surface area contributed by atoms with Gasteiger partial charge in [0.2, 0.25) is 0 Å². The molecule has 0 aromatic heterocycles. The van der Waals surface area contributed by atoms with E-state index in [0.717, 1.165) is 0 Å². The van der Waals surface area contributed by atoms with E-state index in [-0.39, 0.29) is 6.61 Å². The van der Waals surface area contributed by atoms with Crippen LogP contribution < -0.4 is 0 Å². The quantitative estimate of drug-likeness (QED) is 0.773. The molecule has 27 heavy (non-hydrogen) atoms. The number of esters is 2. The number of hydrogen-bond acceptors (Lipinski definition) is 7. The van der Waals surface area contributed by atoms with Gasteiger partial charge in [-0.05, 0) is 24.3 Å². The fourth-order valence-corrected chi connectivity index (χ4v) is 2.81. The first-order chi connectivity index (χ1) is 13.1. The van der Waals surface area contributed by atoms with Crippen LogP contribution in [-0.4, -0.2) is 55.4 Å². The van der Waals surface area contributed by atoms with Crippen molar-refractivity contribution in [3.05, 3.63) is 71.8 Å². The monoisotopic (exact) mass is 372 g/mol. The molecule has 0 radical (unpaired) electrons. The number of carbonyl (C=O) groups is 2. The van der Waals surface area contributed by atoms with E-state index in [1.807, 2.05) is 0 Å². The number of carbonyl (C=O) groups excluding carboxylic acids is 2. The van der Waals surface area contributed by atoms with E-state index < -0.39 is 36.5 Å². The lowest BCUT2D eigenvalue weighted by molar-refractivity contribution is -0.137. The van der Waals surface area contributed by atoms with Crippen LogP contribution in [0.15, 0.2) is 60.7 Å². The van der Waals surface area contributed by atoms with Crippen molar-refractivity contribution < 1.29 is 33.6 Å². The van der Waals surface area contributed by atoms with Gasteiger partial charge >= 0.3 is 11.9 Å². The zero-order valence-electron chi connectivity index (χ0n) is 14.7. The molecule has 1 heterocycles. The van der Waals surface area contributed by atoms with Crippen molar-refractivity contribution in [3.8, 4) is 0 Å². The first kappa shape index (κ1) is 19.0. The Labute approximate surface area is 156 Å². The molecule has 4 unspecified atom stereocenters. The molecular weight excluding hydrogens is 352 g/mol. The van der Waals surface area contributed by atoms with Crippen LogP contribution in [0.5, 0.6) is 0 Å². The molecule has 0 spiro atoms. The summed E-state index contributed by atoms with van der Waals surface area (Å²) < 4.78 is 21.3. The lowest BCUT2D eigenvalue weighted by atomic mass is 10.1. The van der Waals surface area contributed by atoms with Crippen LogP contribution >= 0.6 is 0 Å². The number of methoxy groups -OCH3 is 1. The van der Waals surface area contributed by atoms with Gasteiger partial charge < -0.3 is 24.1 Å². The van der Waals surface area contributed by atoms with Crippen molar-refractivity contribution in [1.29, 1.82) is 0 Å². The molecule has 0 bridgehead atoms. The number of hydrogen-bond donors (Lipinski definition) is 1. The Morgan fingerprint density at radius 3 is 1.85 bits per heavy atom. The number of aliphatic hydroxyl groups is 1. The summed E-state index contributed by atoms with van der Waals surface area (Å²) in [7, 11) is 1.45. The van der Waals surface area contributed by atoms with Crippen LogP contribution in [-0.2, 0) is 18.9 Å². The van der Waals surface area contributed by atoms with Crippen molar-refractivity contribution in [2.24, 2.45) is 0 Å². The molecule has 3 rings (SSSR count). The molecule has 0 saturated carbocycles. The van der Waals surface area contributed by atoms with Gasteiger partial charge in [-0.15, -0.1) is 0 Å². The van der Waals surface area contributed by atoms with Gasteiger partial charge in [-0.1, -0.05) is 36.4 Å². The fraction of sp³-hybridized carbons (Fsp3) is 0.300. The summed E-state index contributed by atoms with van der Waals surface area (Å²) in [4.78, 5) is 24.8. The minimum Gasteiger partial charge on any atom is -0.452 e. The maximum Gasteiger partial charge on any atom is 0.338 e. The highest BCUT2D eigenvalue weighted by atomic mass is 16.7. The van der Waals surface area contributed by atoms with Crippen molar-refractivity contribution in [1.82, 2.24) is 0 Å². The van der Waals surface area contributed by atoms with Crippen molar-refractivity contribution >= 4 is 11.9 Å². The maximum absolute atomic E-state index is 12.4. The zero-order chi connectivity index (χ0) is 19.2. The third-order valence-corrected chi connectivity index (χ3v) is 4.12. The lowest BCUT2D eigenvalue weighted by Crippen LogP contribution is -2.41. The van der Waals surface area contributed by atoms with E-state index in [9.17, 15) is 14.7 Å². The van der Waals surface area contributed by atoms with Crippen LogP contribution in [0.4, 0.5) is 0 Å². The van der Waals surface area contributed by atoms with Gasteiger partial charge in [0.05, 0.1) is 17.7 Å². The van der Waals surface area contributed by atoms with Crippen LogP contribution in [0.1, 0.15) is 20.7 Å². The highest BCUT2D eigenvalue weighted by Gasteiger charge is 2.49. The Morgan fingerprint density at radius 2 is 1.37 bits per heavy atom. The van der Waals surface area contributed by atoms with Gasteiger partial charge in [0.15, 0.2) is 18.5 Å². The van der Waals surface area contributed by atoms with E-state index in [1.165, 1.54) is 7.11 Å². The summed E-state index contributed by atoms with van der Waals surface area (Å²) in [5.41, 5.74) is 0.649. The number of rotatable bonds is 6. The zero-order valence-corrected chi connectivity index (χ0v) is 14.7. The Kier molecular flexibility index (Phi) is 6.18. The smallest absolute Gasteiger partial charge is 0.338 e. The van der Waals surface area contributed by atoms with Gasteiger partial charge in [0.25, 0.3) is 0 Å². The van der Waals surface area contributed by atoms with Crippen molar-refractivity contribution in [2.45, 2.75) is 24.6 Å². The van der Waals surface area contributed by atoms with Gasteiger partial charge in [-0.3, -0.25) is 0 Å². The van der Waals surface area contributed by atoms with Gasteiger partial charge in [0.1, 0.15) is 6.10 Å². The van der Waals surface area contributed by atoms with Crippen LogP contribution in [0.3, 0.4) is 0 Å². The second kappa shape index (κ2) is 8.77. The summed E-state index contributed by atoms with van der Waals surface area (Å²) in [6.07, 6.45) is -4.40. The van der Waals surface area contributed by atoms with E-state index >= 15 is 0 Å². The van der Waals surface area contributed by atoms with Crippen LogP contribution in [0.25, 0.3) is 0 Å².